The first kappa shape index (κ1) is 19.7. The van der Waals surface area contributed by atoms with Crippen LogP contribution < -0.4 is 4.90 Å². The Labute approximate surface area is 164 Å². The molecule has 146 valence electrons. The third kappa shape index (κ3) is 5.23. The molecule has 2 heterocycles. The standard InChI is InChI=1S/C19H27N5O2S/c1-16(27-19-21-20-15-24(19)9-6-14-26-2)18(25)23-12-10-22(11-13-23)17-7-4-3-5-8-17/h3-5,7-8,15-16H,6,9-14H2,1-2H3. The Morgan fingerprint density at radius 2 is 1.96 bits per heavy atom. The summed E-state index contributed by atoms with van der Waals surface area (Å²) >= 11 is 1.48. The zero-order chi connectivity index (χ0) is 19.1. The number of thioether (sulfide) groups is 1. The number of anilines is 1. The van der Waals surface area contributed by atoms with Gasteiger partial charge in [-0.05, 0) is 25.5 Å². The molecule has 0 N–H and O–H groups in total. The lowest BCUT2D eigenvalue weighted by molar-refractivity contribution is -0.130. The molecular formula is C19H27N5O2S. The fourth-order valence-corrected chi connectivity index (χ4v) is 4.09. The van der Waals surface area contributed by atoms with E-state index in [0.717, 1.165) is 44.3 Å². The smallest absolute Gasteiger partial charge is 0.236 e. The number of ether oxygens (including phenoxy) is 1. The molecule has 3 rings (SSSR count). The van der Waals surface area contributed by atoms with Crippen molar-refractivity contribution in [2.75, 3.05) is 44.8 Å². The van der Waals surface area contributed by atoms with Gasteiger partial charge in [0.25, 0.3) is 0 Å². The maximum atomic E-state index is 12.8. The Morgan fingerprint density at radius 3 is 2.67 bits per heavy atom. The van der Waals surface area contributed by atoms with E-state index >= 15 is 0 Å². The number of piperazine rings is 1. The van der Waals surface area contributed by atoms with E-state index in [0.29, 0.717) is 6.61 Å². The first-order valence-electron chi connectivity index (χ1n) is 9.31. The average molecular weight is 390 g/mol. The van der Waals surface area contributed by atoms with Crippen molar-refractivity contribution in [2.24, 2.45) is 0 Å². The van der Waals surface area contributed by atoms with Gasteiger partial charge >= 0.3 is 0 Å². The second kappa shape index (κ2) is 9.75. The van der Waals surface area contributed by atoms with Crippen molar-refractivity contribution in [1.29, 1.82) is 0 Å². The van der Waals surface area contributed by atoms with Crippen molar-refractivity contribution in [3.63, 3.8) is 0 Å². The number of hydrogen-bond donors (Lipinski definition) is 0. The first-order valence-corrected chi connectivity index (χ1v) is 10.2. The molecule has 1 aromatic heterocycles. The van der Waals surface area contributed by atoms with Crippen molar-refractivity contribution in [3.8, 4) is 0 Å². The Morgan fingerprint density at radius 1 is 1.22 bits per heavy atom. The summed E-state index contributed by atoms with van der Waals surface area (Å²) in [5.74, 6) is 0.166. The summed E-state index contributed by atoms with van der Waals surface area (Å²) in [6, 6.07) is 10.4. The summed E-state index contributed by atoms with van der Waals surface area (Å²) in [7, 11) is 1.69. The molecule has 1 fully saturated rings. The number of methoxy groups -OCH3 is 1. The maximum absolute atomic E-state index is 12.8. The van der Waals surface area contributed by atoms with Crippen molar-refractivity contribution >= 4 is 23.4 Å². The third-order valence-corrected chi connectivity index (χ3v) is 5.75. The van der Waals surface area contributed by atoms with Crippen LogP contribution in [-0.4, -0.2) is 70.7 Å². The Hall–Kier alpha value is -2.06. The molecule has 1 saturated heterocycles. The molecular weight excluding hydrogens is 362 g/mol. The van der Waals surface area contributed by atoms with E-state index in [1.807, 2.05) is 34.6 Å². The van der Waals surface area contributed by atoms with Gasteiger partial charge in [-0.15, -0.1) is 10.2 Å². The number of carbonyl (C=O) groups excluding carboxylic acids is 1. The Balaban J connectivity index is 1.51. The third-order valence-electron chi connectivity index (χ3n) is 4.67. The lowest BCUT2D eigenvalue weighted by atomic mass is 10.2. The SMILES string of the molecule is COCCCn1cnnc1SC(C)C(=O)N1CCN(c2ccccc2)CC1. The van der Waals surface area contributed by atoms with Gasteiger partial charge in [-0.2, -0.15) is 0 Å². The molecule has 0 spiro atoms. The van der Waals surface area contributed by atoms with Gasteiger partial charge in [0.2, 0.25) is 5.91 Å². The molecule has 1 atom stereocenters. The fraction of sp³-hybridized carbons (Fsp3) is 0.526. The minimum absolute atomic E-state index is 0.166. The van der Waals surface area contributed by atoms with E-state index in [2.05, 4.69) is 27.2 Å². The number of nitrogens with zero attached hydrogens (tertiary/aromatic N) is 5. The van der Waals surface area contributed by atoms with Gasteiger partial charge in [-0.3, -0.25) is 4.79 Å². The largest absolute Gasteiger partial charge is 0.385 e. The van der Waals surface area contributed by atoms with E-state index in [1.165, 1.54) is 17.4 Å². The van der Waals surface area contributed by atoms with Crippen molar-refractivity contribution < 1.29 is 9.53 Å². The molecule has 0 radical (unpaired) electrons. The summed E-state index contributed by atoms with van der Waals surface area (Å²) in [6.07, 6.45) is 2.61. The van der Waals surface area contributed by atoms with Crippen LogP contribution in [0.2, 0.25) is 0 Å². The molecule has 1 amide bonds. The molecule has 0 aliphatic carbocycles. The highest BCUT2D eigenvalue weighted by molar-refractivity contribution is 8.00. The Kier molecular flexibility index (Phi) is 7.11. The van der Waals surface area contributed by atoms with E-state index in [-0.39, 0.29) is 11.2 Å². The van der Waals surface area contributed by atoms with Gasteiger partial charge in [-0.25, -0.2) is 0 Å². The summed E-state index contributed by atoms with van der Waals surface area (Å²) in [4.78, 5) is 17.1. The maximum Gasteiger partial charge on any atom is 0.236 e. The quantitative estimate of drug-likeness (QED) is 0.509. The molecule has 7 nitrogen and oxygen atoms in total. The van der Waals surface area contributed by atoms with Crippen LogP contribution in [0.3, 0.4) is 0 Å². The molecule has 0 saturated carbocycles. The fourth-order valence-electron chi connectivity index (χ4n) is 3.16. The molecule has 1 aliphatic rings. The Bertz CT molecular complexity index is 716. The number of rotatable bonds is 8. The summed E-state index contributed by atoms with van der Waals surface area (Å²) < 4.78 is 7.08. The zero-order valence-corrected chi connectivity index (χ0v) is 16.8. The lowest BCUT2D eigenvalue weighted by Gasteiger charge is -2.37. The summed E-state index contributed by atoms with van der Waals surface area (Å²) in [6.45, 7) is 6.66. The minimum atomic E-state index is -0.182. The van der Waals surface area contributed by atoms with Crippen LogP contribution in [-0.2, 0) is 16.1 Å². The molecule has 1 unspecified atom stereocenters. The normalized spacial score (nSPS) is 15.8. The average Bonchev–Trinajstić information content (AvgIpc) is 3.15. The number of benzene rings is 1. The number of para-hydroxylation sites is 1. The topological polar surface area (TPSA) is 63.5 Å². The van der Waals surface area contributed by atoms with E-state index < -0.39 is 0 Å². The van der Waals surface area contributed by atoms with Crippen molar-refractivity contribution in [1.82, 2.24) is 19.7 Å². The summed E-state index contributed by atoms with van der Waals surface area (Å²) in [5, 5.41) is 8.76. The van der Waals surface area contributed by atoms with Crippen LogP contribution >= 0.6 is 11.8 Å². The van der Waals surface area contributed by atoms with E-state index in [9.17, 15) is 4.79 Å². The van der Waals surface area contributed by atoms with Gasteiger partial charge in [-0.1, -0.05) is 30.0 Å². The van der Waals surface area contributed by atoms with Crippen LogP contribution in [0.4, 0.5) is 5.69 Å². The van der Waals surface area contributed by atoms with Gasteiger partial charge < -0.3 is 19.1 Å². The van der Waals surface area contributed by atoms with Gasteiger partial charge in [0, 0.05) is 52.1 Å². The van der Waals surface area contributed by atoms with Crippen molar-refractivity contribution in [3.05, 3.63) is 36.7 Å². The molecule has 1 aliphatic heterocycles. The predicted octanol–water partition coefficient (Wildman–Crippen LogP) is 2.14. The minimum Gasteiger partial charge on any atom is -0.385 e. The van der Waals surface area contributed by atoms with Crippen LogP contribution in [0, 0.1) is 0 Å². The van der Waals surface area contributed by atoms with Crippen LogP contribution in [0.25, 0.3) is 0 Å². The van der Waals surface area contributed by atoms with Crippen molar-refractivity contribution in [2.45, 2.75) is 30.3 Å². The molecule has 1 aromatic carbocycles. The number of amides is 1. The second-order valence-corrected chi connectivity index (χ2v) is 7.87. The van der Waals surface area contributed by atoms with Gasteiger partial charge in [0.05, 0.1) is 5.25 Å². The highest BCUT2D eigenvalue weighted by Gasteiger charge is 2.26. The number of hydrogen-bond acceptors (Lipinski definition) is 6. The first-order chi connectivity index (χ1) is 13.2. The van der Waals surface area contributed by atoms with E-state index in [4.69, 9.17) is 4.74 Å². The number of aryl methyl sites for hydroxylation is 1. The highest BCUT2D eigenvalue weighted by atomic mass is 32.2. The molecule has 0 bridgehead atoms. The van der Waals surface area contributed by atoms with Gasteiger partial charge in [0.15, 0.2) is 5.16 Å². The van der Waals surface area contributed by atoms with E-state index in [1.54, 1.807) is 13.4 Å². The summed E-state index contributed by atoms with van der Waals surface area (Å²) in [5.41, 5.74) is 1.22. The molecule has 27 heavy (non-hydrogen) atoms. The van der Waals surface area contributed by atoms with Gasteiger partial charge in [0.1, 0.15) is 6.33 Å². The highest BCUT2D eigenvalue weighted by Crippen LogP contribution is 2.24. The zero-order valence-electron chi connectivity index (χ0n) is 16.0. The molecule has 8 heteroatoms. The van der Waals surface area contributed by atoms with Crippen LogP contribution in [0.15, 0.2) is 41.8 Å². The number of aromatic nitrogens is 3. The monoisotopic (exact) mass is 389 g/mol. The predicted molar refractivity (Wildman–Crippen MR) is 107 cm³/mol. The lowest BCUT2D eigenvalue weighted by Crippen LogP contribution is -2.50. The number of carbonyl (C=O) groups is 1. The van der Waals surface area contributed by atoms with Crippen LogP contribution in [0.1, 0.15) is 13.3 Å². The van der Waals surface area contributed by atoms with Crippen LogP contribution in [0.5, 0.6) is 0 Å². The molecule has 2 aromatic rings. The second-order valence-electron chi connectivity index (χ2n) is 6.56.